The maximum absolute atomic E-state index is 12.9. The largest absolute Gasteiger partial charge is 0.490 e. The third kappa shape index (κ3) is 4.14. The zero-order valence-corrected chi connectivity index (χ0v) is 16.4. The van der Waals surface area contributed by atoms with Crippen molar-refractivity contribution in [1.82, 2.24) is 4.90 Å². The second-order valence-corrected chi connectivity index (χ2v) is 7.70. The van der Waals surface area contributed by atoms with E-state index in [0.717, 1.165) is 37.2 Å². The van der Waals surface area contributed by atoms with Crippen LogP contribution in [0.15, 0.2) is 48.5 Å². The summed E-state index contributed by atoms with van der Waals surface area (Å²) in [6, 6.07) is 14.8. The third-order valence-electron chi connectivity index (χ3n) is 5.31. The van der Waals surface area contributed by atoms with Gasteiger partial charge in [0.25, 0.3) is 5.91 Å². The molecule has 0 atom stereocenters. The standard InChI is InChI=1S/C22H23ClN2O3/c23-17-5-2-7-20(15-17)28-19-9-12-24(13-10-19)22(27)16-4-1-6-18(14-16)25-11-3-8-21(25)26/h1-2,4-7,14-15,19H,3,8-13H2. The Morgan fingerprint density at radius 3 is 2.54 bits per heavy atom. The van der Waals surface area contributed by atoms with Gasteiger partial charge >= 0.3 is 0 Å². The number of hydrogen-bond donors (Lipinski definition) is 0. The number of likely N-dealkylation sites (tertiary alicyclic amines) is 1. The molecule has 146 valence electrons. The topological polar surface area (TPSA) is 49.9 Å². The molecule has 0 bridgehead atoms. The first-order valence-electron chi connectivity index (χ1n) is 9.72. The van der Waals surface area contributed by atoms with Gasteiger partial charge in [0, 0.05) is 55.2 Å². The molecule has 4 rings (SSSR count). The van der Waals surface area contributed by atoms with Crippen molar-refractivity contribution < 1.29 is 14.3 Å². The number of hydrogen-bond acceptors (Lipinski definition) is 3. The van der Waals surface area contributed by atoms with Crippen LogP contribution in [0.3, 0.4) is 0 Å². The lowest BCUT2D eigenvalue weighted by Crippen LogP contribution is -2.41. The summed E-state index contributed by atoms with van der Waals surface area (Å²) in [5, 5.41) is 0.654. The first-order chi connectivity index (χ1) is 13.6. The average Bonchev–Trinajstić information content (AvgIpc) is 3.14. The molecule has 2 heterocycles. The highest BCUT2D eigenvalue weighted by molar-refractivity contribution is 6.30. The molecular formula is C22H23ClN2O3. The van der Waals surface area contributed by atoms with Crippen LogP contribution in [0.2, 0.25) is 5.02 Å². The molecule has 6 heteroatoms. The Bertz CT molecular complexity index is 878. The number of nitrogens with zero attached hydrogens (tertiary/aromatic N) is 2. The molecule has 2 aliphatic rings. The van der Waals surface area contributed by atoms with Crippen LogP contribution in [0.1, 0.15) is 36.0 Å². The van der Waals surface area contributed by atoms with Crippen molar-refractivity contribution in [2.45, 2.75) is 31.8 Å². The lowest BCUT2D eigenvalue weighted by atomic mass is 10.1. The number of benzene rings is 2. The molecule has 0 N–H and O–H groups in total. The Balaban J connectivity index is 1.37. The molecule has 2 aliphatic heterocycles. The number of ether oxygens (including phenoxy) is 1. The van der Waals surface area contributed by atoms with Gasteiger partial charge in [-0.1, -0.05) is 23.7 Å². The number of halogens is 1. The first-order valence-corrected chi connectivity index (χ1v) is 10.1. The lowest BCUT2D eigenvalue weighted by Gasteiger charge is -2.32. The summed E-state index contributed by atoms with van der Waals surface area (Å²) in [5.74, 6) is 0.901. The van der Waals surface area contributed by atoms with E-state index in [9.17, 15) is 9.59 Å². The normalized spacial score (nSPS) is 17.8. The minimum Gasteiger partial charge on any atom is -0.490 e. The van der Waals surface area contributed by atoms with Crippen LogP contribution in [0, 0.1) is 0 Å². The van der Waals surface area contributed by atoms with Crippen LogP contribution in [-0.2, 0) is 4.79 Å². The molecule has 28 heavy (non-hydrogen) atoms. The van der Waals surface area contributed by atoms with Crippen LogP contribution < -0.4 is 9.64 Å². The molecule has 2 fully saturated rings. The summed E-state index contributed by atoms with van der Waals surface area (Å²) >= 11 is 6.01. The summed E-state index contributed by atoms with van der Waals surface area (Å²) in [4.78, 5) is 28.5. The quantitative estimate of drug-likeness (QED) is 0.777. The molecule has 0 unspecified atom stereocenters. The number of piperidine rings is 1. The van der Waals surface area contributed by atoms with Gasteiger partial charge in [0.1, 0.15) is 11.9 Å². The second-order valence-electron chi connectivity index (χ2n) is 7.27. The maximum Gasteiger partial charge on any atom is 0.253 e. The minimum atomic E-state index is 0.00898. The zero-order valence-electron chi connectivity index (χ0n) is 15.6. The van der Waals surface area contributed by atoms with Crippen LogP contribution >= 0.6 is 11.6 Å². The van der Waals surface area contributed by atoms with Crippen LogP contribution in [0.5, 0.6) is 5.75 Å². The fraction of sp³-hybridized carbons (Fsp3) is 0.364. The molecule has 0 saturated carbocycles. The Morgan fingerprint density at radius 1 is 1.04 bits per heavy atom. The summed E-state index contributed by atoms with van der Waals surface area (Å²) < 4.78 is 6.00. The summed E-state index contributed by atoms with van der Waals surface area (Å²) in [6.07, 6.45) is 3.09. The van der Waals surface area contributed by atoms with Crippen molar-refractivity contribution >= 4 is 29.1 Å². The predicted molar refractivity (Wildman–Crippen MR) is 109 cm³/mol. The molecule has 0 spiro atoms. The van der Waals surface area contributed by atoms with Gasteiger partial charge in [0.05, 0.1) is 0 Å². The summed E-state index contributed by atoms with van der Waals surface area (Å²) in [7, 11) is 0. The van der Waals surface area contributed by atoms with Crippen LogP contribution in [-0.4, -0.2) is 42.5 Å². The molecule has 2 aromatic carbocycles. The van der Waals surface area contributed by atoms with Crippen molar-refractivity contribution in [3.63, 3.8) is 0 Å². The highest BCUT2D eigenvalue weighted by Gasteiger charge is 2.26. The molecular weight excluding hydrogens is 376 g/mol. The summed E-state index contributed by atoms with van der Waals surface area (Å²) in [5.41, 5.74) is 1.44. The number of carbonyl (C=O) groups is 2. The van der Waals surface area contributed by atoms with Crippen molar-refractivity contribution in [2.24, 2.45) is 0 Å². The monoisotopic (exact) mass is 398 g/mol. The highest BCUT2D eigenvalue weighted by Crippen LogP contribution is 2.25. The number of amides is 2. The van der Waals surface area contributed by atoms with E-state index in [2.05, 4.69) is 0 Å². The maximum atomic E-state index is 12.9. The Hall–Kier alpha value is -2.53. The van der Waals surface area contributed by atoms with E-state index >= 15 is 0 Å². The molecule has 2 amide bonds. The van der Waals surface area contributed by atoms with Gasteiger partial charge in [-0.3, -0.25) is 9.59 Å². The van der Waals surface area contributed by atoms with Gasteiger partial charge in [0.15, 0.2) is 0 Å². The van der Waals surface area contributed by atoms with Crippen molar-refractivity contribution in [2.75, 3.05) is 24.5 Å². The Labute approximate surface area is 169 Å². The fourth-order valence-corrected chi connectivity index (χ4v) is 4.00. The average molecular weight is 399 g/mol. The van der Waals surface area contributed by atoms with Gasteiger partial charge in [0.2, 0.25) is 5.91 Å². The zero-order chi connectivity index (χ0) is 19.5. The molecule has 2 aromatic rings. The smallest absolute Gasteiger partial charge is 0.253 e. The van der Waals surface area contributed by atoms with Crippen molar-refractivity contribution in [3.05, 3.63) is 59.1 Å². The van der Waals surface area contributed by atoms with E-state index in [-0.39, 0.29) is 17.9 Å². The van der Waals surface area contributed by atoms with Crippen molar-refractivity contribution in [3.8, 4) is 5.75 Å². The Morgan fingerprint density at radius 2 is 1.82 bits per heavy atom. The number of rotatable bonds is 4. The van der Waals surface area contributed by atoms with E-state index in [1.807, 2.05) is 53.4 Å². The van der Waals surface area contributed by atoms with Gasteiger partial charge in [-0.15, -0.1) is 0 Å². The van der Waals surface area contributed by atoms with Gasteiger partial charge in [-0.25, -0.2) is 0 Å². The molecule has 5 nitrogen and oxygen atoms in total. The first kappa shape index (κ1) is 18.8. The number of carbonyl (C=O) groups excluding carboxylic acids is 2. The van der Waals surface area contributed by atoms with Crippen LogP contribution in [0.25, 0.3) is 0 Å². The van der Waals surface area contributed by atoms with E-state index < -0.39 is 0 Å². The van der Waals surface area contributed by atoms with E-state index in [0.29, 0.717) is 30.1 Å². The van der Waals surface area contributed by atoms with Crippen molar-refractivity contribution in [1.29, 1.82) is 0 Å². The highest BCUT2D eigenvalue weighted by atomic mass is 35.5. The van der Waals surface area contributed by atoms with E-state index in [4.69, 9.17) is 16.3 Å². The van der Waals surface area contributed by atoms with Crippen LogP contribution in [0.4, 0.5) is 5.69 Å². The molecule has 0 aromatic heterocycles. The third-order valence-corrected chi connectivity index (χ3v) is 5.54. The minimum absolute atomic E-state index is 0.00898. The number of anilines is 1. The Kier molecular flexibility index (Phi) is 5.53. The molecule has 0 radical (unpaired) electrons. The predicted octanol–water partition coefficient (Wildman–Crippen LogP) is 4.15. The van der Waals surface area contributed by atoms with Gasteiger partial charge in [-0.05, 0) is 42.8 Å². The lowest BCUT2D eigenvalue weighted by molar-refractivity contribution is -0.117. The second kappa shape index (κ2) is 8.23. The van der Waals surface area contributed by atoms with E-state index in [1.165, 1.54) is 0 Å². The fourth-order valence-electron chi connectivity index (χ4n) is 3.82. The molecule has 2 saturated heterocycles. The molecule has 0 aliphatic carbocycles. The SMILES string of the molecule is O=C(c1cccc(N2CCCC2=O)c1)N1CCC(Oc2cccc(Cl)c2)CC1. The van der Waals surface area contributed by atoms with Gasteiger partial charge in [-0.2, -0.15) is 0 Å². The summed E-state index contributed by atoms with van der Waals surface area (Å²) in [6.45, 7) is 2.02. The van der Waals surface area contributed by atoms with Gasteiger partial charge < -0.3 is 14.5 Å². The van der Waals surface area contributed by atoms with E-state index in [1.54, 1.807) is 4.90 Å².